The number of ketones is 1. The SMILES string of the molecule is COc1cc(OC)c2c(c1)O[C@H](c1ccc(OC)c(OC)c1)[C@H](c1c(OC)cc(OC)c3c1O[C@H](c1ccc(OC)c(OC)c1)C=C3)C2=O. The minimum Gasteiger partial charge on any atom is -0.496 e. The van der Waals surface area contributed by atoms with E-state index in [9.17, 15) is 0 Å². The molecule has 0 spiro atoms. The van der Waals surface area contributed by atoms with Gasteiger partial charge in [0.1, 0.15) is 52.3 Å². The maximum Gasteiger partial charge on any atom is 0.182 e. The molecule has 3 atom stereocenters. The lowest BCUT2D eigenvalue weighted by molar-refractivity contribution is 0.0763. The smallest absolute Gasteiger partial charge is 0.182 e. The van der Waals surface area contributed by atoms with Crippen molar-refractivity contribution in [3.63, 3.8) is 0 Å². The Hall–Kier alpha value is -5.71. The molecule has 0 saturated carbocycles. The van der Waals surface area contributed by atoms with E-state index in [1.165, 1.54) is 21.3 Å². The van der Waals surface area contributed by atoms with E-state index in [2.05, 4.69) is 0 Å². The Morgan fingerprint density at radius 2 is 1.14 bits per heavy atom. The lowest BCUT2D eigenvalue weighted by Crippen LogP contribution is -2.31. The fraction of sp³-hybridized carbons (Fsp3) is 0.289. The monoisotopic (exact) mass is 670 g/mol. The highest BCUT2D eigenvalue weighted by Gasteiger charge is 2.46. The van der Waals surface area contributed by atoms with Gasteiger partial charge in [0.2, 0.25) is 0 Å². The van der Waals surface area contributed by atoms with Crippen molar-refractivity contribution in [2.24, 2.45) is 0 Å². The molecule has 0 bridgehead atoms. The maximum atomic E-state index is 15.0. The van der Waals surface area contributed by atoms with E-state index in [4.69, 9.17) is 47.4 Å². The van der Waals surface area contributed by atoms with Crippen LogP contribution in [0.4, 0.5) is 0 Å². The minimum absolute atomic E-state index is 0.263. The molecule has 49 heavy (non-hydrogen) atoms. The molecular formula is C38H38O11. The van der Waals surface area contributed by atoms with Gasteiger partial charge in [-0.25, -0.2) is 0 Å². The molecule has 6 rings (SSSR count). The zero-order chi connectivity index (χ0) is 34.8. The number of benzene rings is 4. The Morgan fingerprint density at radius 1 is 0.551 bits per heavy atom. The zero-order valence-corrected chi connectivity index (χ0v) is 28.6. The van der Waals surface area contributed by atoms with Crippen LogP contribution in [-0.4, -0.2) is 62.7 Å². The van der Waals surface area contributed by atoms with Gasteiger partial charge < -0.3 is 47.4 Å². The largest absolute Gasteiger partial charge is 0.496 e. The first kappa shape index (κ1) is 33.2. The van der Waals surface area contributed by atoms with Crippen LogP contribution in [0.1, 0.15) is 50.7 Å². The van der Waals surface area contributed by atoms with Crippen LogP contribution in [0, 0.1) is 0 Å². The summed E-state index contributed by atoms with van der Waals surface area (Å²) in [6, 6.07) is 16.0. The number of carbonyl (C=O) groups is 1. The van der Waals surface area contributed by atoms with Crippen LogP contribution in [-0.2, 0) is 0 Å². The maximum absolute atomic E-state index is 15.0. The van der Waals surface area contributed by atoms with Crippen LogP contribution in [0.5, 0.6) is 57.5 Å². The van der Waals surface area contributed by atoms with Gasteiger partial charge in [0.25, 0.3) is 0 Å². The summed E-state index contributed by atoms with van der Waals surface area (Å²) < 4.78 is 58.7. The third kappa shape index (κ3) is 5.75. The second-order valence-corrected chi connectivity index (χ2v) is 11.1. The summed E-state index contributed by atoms with van der Waals surface area (Å²) in [4.78, 5) is 15.0. The van der Waals surface area contributed by atoms with E-state index < -0.39 is 18.1 Å². The Kier molecular flexibility index (Phi) is 9.35. The molecule has 11 heteroatoms. The topological polar surface area (TPSA) is 109 Å². The Bertz CT molecular complexity index is 1910. The third-order valence-corrected chi connectivity index (χ3v) is 8.77. The first-order valence-electron chi connectivity index (χ1n) is 15.4. The number of Topliss-reactive ketones (excluding diaryl/α,β-unsaturated/α-hetero) is 1. The lowest BCUT2D eigenvalue weighted by Gasteiger charge is -2.36. The van der Waals surface area contributed by atoms with Crippen molar-refractivity contribution in [2.75, 3.05) is 56.9 Å². The molecule has 0 radical (unpaired) electrons. The van der Waals surface area contributed by atoms with E-state index >= 15 is 4.79 Å². The molecule has 0 fully saturated rings. The number of rotatable bonds is 11. The summed E-state index contributed by atoms with van der Waals surface area (Å²) in [7, 11) is 12.4. The molecule has 256 valence electrons. The number of hydrogen-bond acceptors (Lipinski definition) is 11. The number of hydrogen-bond donors (Lipinski definition) is 0. The average Bonchev–Trinajstić information content (AvgIpc) is 3.15. The highest BCUT2D eigenvalue weighted by Crippen LogP contribution is 2.56. The molecule has 0 aliphatic carbocycles. The number of ether oxygens (including phenoxy) is 10. The molecule has 0 aromatic heterocycles. The highest BCUT2D eigenvalue weighted by molar-refractivity contribution is 6.08. The molecule has 0 amide bonds. The molecule has 0 saturated heterocycles. The summed E-state index contributed by atoms with van der Waals surface area (Å²) in [5.74, 6) is 3.25. The molecule has 4 aromatic carbocycles. The van der Waals surface area contributed by atoms with Gasteiger partial charge in [-0.05, 0) is 42.0 Å². The second-order valence-electron chi connectivity index (χ2n) is 11.1. The van der Waals surface area contributed by atoms with Crippen LogP contribution in [0.3, 0.4) is 0 Å². The predicted molar refractivity (Wildman–Crippen MR) is 181 cm³/mol. The summed E-state index contributed by atoms with van der Waals surface area (Å²) >= 11 is 0. The van der Waals surface area contributed by atoms with Crippen molar-refractivity contribution in [1.82, 2.24) is 0 Å². The molecule has 2 aliphatic rings. The van der Waals surface area contributed by atoms with Gasteiger partial charge in [-0.15, -0.1) is 0 Å². The van der Waals surface area contributed by atoms with Gasteiger partial charge in [-0.2, -0.15) is 0 Å². The Morgan fingerprint density at radius 3 is 1.73 bits per heavy atom. The van der Waals surface area contributed by atoms with Gasteiger partial charge >= 0.3 is 0 Å². The summed E-state index contributed by atoms with van der Waals surface area (Å²) in [6.45, 7) is 0. The van der Waals surface area contributed by atoms with E-state index in [1.54, 1.807) is 65.9 Å². The van der Waals surface area contributed by atoms with Gasteiger partial charge in [0.15, 0.2) is 28.8 Å². The van der Waals surface area contributed by atoms with Crippen molar-refractivity contribution < 1.29 is 52.2 Å². The number of carbonyl (C=O) groups excluding carboxylic acids is 1. The van der Waals surface area contributed by atoms with Crippen molar-refractivity contribution in [1.29, 1.82) is 0 Å². The lowest BCUT2D eigenvalue weighted by atomic mass is 9.78. The van der Waals surface area contributed by atoms with E-state index in [0.29, 0.717) is 74.2 Å². The first-order valence-corrected chi connectivity index (χ1v) is 15.4. The van der Waals surface area contributed by atoms with Crippen LogP contribution in [0.25, 0.3) is 6.08 Å². The minimum atomic E-state index is -0.986. The predicted octanol–water partition coefficient (Wildman–Crippen LogP) is 7.00. The molecule has 11 nitrogen and oxygen atoms in total. The number of methoxy groups -OCH3 is 8. The van der Waals surface area contributed by atoms with E-state index in [1.807, 2.05) is 36.4 Å². The standard InChI is InChI=1S/C38H38O11/c1-40-22-17-30(46-7)33-32(18-22)49-37(21-10-13-26(42-3)29(16-21)45-6)35(36(33)39)34-31(47-8)19-27(43-4)23-11-14-24(48-38(23)34)20-9-12-25(41-2)28(15-20)44-5/h9-19,24,35,37H,1-8H3/t24-,35+,37+/m0/s1. The van der Waals surface area contributed by atoms with Crippen molar-refractivity contribution in [3.05, 3.63) is 88.5 Å². The average molecular weight is 671 g/mol. The van der Waals surface area contributed by atoms with Gasteiger partial charge in [0, 0.05) is 23.8 Å². The molecule has 2 aliphatic heterocycles. The molecule has 0 unspecified atom stereocenters. The van der Waals surface area contributed by atoms with Crippen LogP contribution in [0.2, 0.25) is 0 Å². The quantitative estimate of drug-likeness (QED) is 0.165. The first-order chi connectivity index (χ1) is 23.8. The number of fused-ring (bicyclic) bond motifs is 2. The summed E-state index contributed by atoms with van der Waals surface area (Å²) in [6.07, 6.45) is 2.39. The Labute approximate surface area is 284 Å². The summed E-state index contributed by atoms with van der Waals surface area (Å²) in [5, 5.41) is 0. The zero-order valence-electron chi connectivity index (χ0n) is 28.6. The third-order valence-electron chi connectivity index (χ3n) is 8.77. The molecular weight excluding hydrogens is 632 g/mol. The fourth-order valence-electron chi connectivity index (χ4n) is 6.37. The van der Waals surface area contributed by atoms with Gasteiger partial charge in [-0.1, -0.05) is 12.1 Å². The van der Waals surface area contributed by atoms with Gasteiger partial charge in [-0.3, -0.25) is 4.79 Å². The van der Waals surface area contributed by atoms with Gasteiger partial charge in [0.05, 0.1) is 73.9 Å². The molecule has 2 heterocycles. The van der Waals surface area contributed by atoms with E-state index in [0.717, 1.165) is 5.56 Å². The van der Waals surface area contributed by atoms with Crippen molar-refractivity contribution in [2.45, 2.75) is 18.1 Å². The van der Waals surface area contributed by atoms with Crippen LogP contribution < -0.4 is 47.4 Å². The van der Waals surface area contributed by atoms with Crippen molar-refractivity contribution >= 4 is 11.9 Å². The molecule has 0 N–H and O–H groups in total. The van der Waals surface area contributed by atoms with E-state index in [-0.39, 0.29) is 11.3 Å². The second kappa shape index (κ2) is 13.8. The van der Waals surface area contributed by atoms with Crippen molar-refractivity contribution in [3.8, 4) is 57.5 Å². The fourth-order valence-corrected chi connectivity index (χ4v) is 6.37. The highest BCUT2D eigenvalue weighted by atomic mass is 16.5. The Balaban J connectivity index is 1.59. The van der Waals surface area contributed by atoms with Crippen LogP contribution in [0.15, 0.2) is 60.7 Å². The summed E-state index contributed by atoms with van der Waals surface area (Å²) in [5.41, 5.74) is 2.83. The molecule has 4 aromatic rings. The normalized spacial score (nSPS) is 17.5. The van der Waals surface area contributed by atoms with Crippen LogP contribution >= 0.6 is 0 Å².